The van der Waals surface area contributed by atoms with Gasteiger partial charge in [0.2, 0.25) is 5.84 Å². The quantitative estimate of drug-likeness (QED) is 0.712. The summed E-state index contributed by atoms with van der Waals surface area (Å²) >= 11 is 11.8. The number of quaternary nitrogens is 1. The molecule has 0 aliphatic carbocycles. The molecule has 0 radical (unpaired) electrons. The molecule has 0 bridgehead atoms. The van der Waals surface area contributed by atoms with Crippen LogP contribution in [0.3, 0.4) is 0 Å². The minimum absolute atomic E-state index is 0.371. The van der Waals surface area contributed by atoms with Gasteiger partial charge in [0.1, 0.15) is 0 Å². The van der Waals surface area contributed by atoms with Gasteiger partial charge in [-0.05, 0) is 12.1 Å². The van der Waals surface area contributed by atoms with E-state index >= 15 is 0 Å². The summed E-state index contributed by atoms with van der Waals surface area (Å²) in [5.41, 5.74) is 0.668. The van der Waals surface area contributed by atoms with Crippen molar-refractivity contribution in [2.45, 2.75) is 0 Å². The first-order chi connectivity index (χ1) is 6.68. The lowest BCUT2D eigenvalue weighted by molar-refractivity contribution is -0.868. The summed E-state index contributed by atoms with van der Waals surface area (Å²) in [6.07, 6.45) is 0. The molecule has 0 fully saturated rings. The van der Waals surface area contributed by atoms with E-state index in [9.17, 15) is 0 Å². The van der Waals surface area contributed by atoms with Crippen LogP contribution in [-0.2, 0) is 0 Å². The highest BCUT2D eigenvalue weighted by Crippen LogP contribution is 2.26. The van der Waals surface area contributed by atoms with Gasteiger partial charge in [-0.1, -0.05) is 46.5 Å². The van der Waals surface area contributed by atoms with Crippen LogP contribution in [0.25, 0.3) is 0 Å². The Morgan fingerprint density at radius 1 is 1.29 bits per heavy atom. The first-order valence-electron chi connectivity index (χ1n) is 3.82. The van der Waals surface area contributed by atoms with E-state index in [4.69, 9.17) is 23.2 Å². The van der Waals surface area contributed by atoms with Crippen LogP contribution in [0.1, 0.15) is 5.56 Å². The Balaban J connectivity index is 2.48. The highest BCUT2D eigenvalue weighted by atomic mass is 35.5. The number of hydrogen-bond donors (Lipinski definition) is 1. The first kappa shape index (κ1) is 9.58. The second-order valence-electron chi connectivity index (χ2n) is 2.65. The van der Waals surface area contributed by atoms with Crippen molar-refractivity contribution in [2.24, 2.45) is 15.4 Å². The van der Waals surface area contributed by atoms with Gasteiger partial charge in [-0.3, -0.25) is 0 Å². The van der Waals surface area contributed by atoms with E-state index in [2.05, 4.69) is 22.5 Å². The van der Waals surface area contributed by atoms with E-state index < -0.39 is 0 Å². The largest absolute Gasteiger partial charge is 0.242 e. The smallest absolute Gasteiger partial charge is 0.192 e. The maximum atomic E-state index is 5.98. The van der Waals surface area contributed by atoms with Crippen LogP contribution in [0.5, 0.6) is 0 Å². The summed E-state index contributed by atoms with van der Waals surface area (Å²) in [6.45, 7) is 0. The van der Waals surface area contributed by atoms with Gasteiger partial charge in [-0.25, -0.2) is 0 Å². The maximum Gasteiger partial charge on any atom is 0.242 e. The Labute approximate surface area is 90.8 Å². The maximum absolute atomic E-state index is 5.98. The lowest BCUT2D eigenvalue weighted by Crippen LogP contribution is -2.95. The number of amidine groups is 1. The fourth-order valence-corrected chi connectivity index (χ4v) is 1.45. The van der Waals surface area contributed by atoms with Crippen LogP contribution in [0.15, 0.2) is 33.6 Å². The van der Waals surface area contributed by atoms with Gasteiger partial charge >= 0.3 is 0 Å². The fourth-order valence-electron chi connectivity index (χ4n) is 1.06. The number of nitrogens with zero attached hydrogens (tertiary/aromatic N) is 3. The Morgan fingerprint density at radius 3 is 2.71 bits per heavy atom. The van der Waals surface area contributed by atoms with Crippen molar-refractivity contribution in [1.29, 1.82) is 0 Å². The molecule has 1 atom stereocenters. The molecule has 0 aromatic heterocycles. The molecule has 0 saturated heterocycles. The molecule has 1 aromatic carbocycles. The minimum atomic E-state index is 0.371. The molecule has 0 amide bonds. The van der Waals surface area contributed by atoms with Crippen LogP contribution in [0.4, 0.5) is 0 Å². The van der Waals surface area contributed by atoms with Gasteiger partial charge in [-0.2, -0.15) is 5.12 Å². The summed E-state index contributed by atoms with van der Waals surface area (Å²) in [4.78, 5) is 0. The van der Waals surface area contributed by atoms with Crippen molar-refractivity contribution < 1.29 is 5.12 Å². The first-order valence-corrected chi connectivity index (χ1v) is 4.58. The number of halogens is 2. The van der Waals surface area contributed by atoms with Crippen molar-refractivity contribution in [3.05, 3.63) is 40.9 Å². The molecule has 1 aliphatic heterocycles. The van der Waals surface area contributed by atoms with E-state index in [1.165, 1.54) is 0 Å². The molecule has 2 rings (SSSR count). The topological polar surface area (TPSA) is 41.5 Å². The second kappa shape index (κ2) is 3.65. The molecular formula is C8H6Cl2N4. The zero-order chi connectivity index (χ0) is 10.1. The van der Waals surface area contributed by atoms with Crippen molar-refractivity contribution in [2.75, 3.05) is 0 Å². The van der Waals surface area contributed by atoms with Gasteiger partial charge < -0.3 is 0 Å². The van der Waals surface area contributed by atoms with E-state index in [1.54, 1.807) is 18.2 Å². The molecule has 72 valence electrons. The van der Waals surface area contributed by atoms with Crippen LogP contribution in [-0.4, -0.2) is 5.84 Å². The SMILES string of the molecule is [CH2-][NH+]1N=NC(c2cccc(Cl)c2Cl)=N1. The van der Waals surface area contributed by atoms with Gasteiger partial charge in [-0.15, -0.1) is 0 Å². The van der Waals surface area contributed by atoms with Crippen molar-refractivity contribution in [3.8, 4) is 0 Å². The lowest BCUT2D eigenvalue weighted by atomic mass is 10.2. The Morgan fingerprint density at radius 2 is 2.07 bits per heavy atom. The van der Waals surface area contributed by atoms with Crippen LogP contribution < -0.4 is 5.12 Å². The summed E-state index contributed by atoms with van der Waals surface area (Å²) in [7, 11) is 3.56. The van der Waals surface area contributed by atoms with Crippen LogP contribution in [0, 0.1) is 7.05 Å². The van der Waals surface area contributed by atoms with Gasteiger partial charge in [0.05, 0.1) is 10.0 Å². The molecule has 0 saturated carbocycles. The van der Waals surface area contributed by atoms with Crippen LogP contribution in [0.2, 0.25) is 10.0 Å². The zero-order valence-electron chi connectivity index (χ0n) is 7.04. The number of benzene rings is 1. The Bertz CT molecular complexity index is 427. The standard InChI is InChI=1S/C8H6Cl2N4/c1-14-12-8(11-13-14)5-3-2-4-6(9)7(5)10/h2-4,14H,1H2. The minimum Gasteiger partial charge on any atom is -0.192 e. The average molecular weight is 229 g/mol. The molecule has 1 heterocycles. The lowest BCUT2D eigenvalue weighted by Gasteiger charge is -2.00. The van der Waals surface area contributed by atoms with Crippen molar-refractivity contribution in [3.63, 3.8) is 0 Å². The molecule has 1 unspecified atom stereocenters. The second-order valence-corrected chi connectivity index (χ2v) is 3.44. The monoisotopic (exact) mass is 228 g/mol. The molecular weight excluding hydrogens is 223 g/mol. The van der Waals surface area contributed by atoms with Crippen molar-refractivity contribution in [1.82, 2.24) is 0 Å². The molecule has 6 heteroatoms. The Kier molecular flexibility index (Phi) is 2.50. The van der Waals surface area contributed by atoms with Gasteiger partial charge in [0, 0.05) is 10.8 Å². The highest BCUT2D eigenvalue weighted by molar-refractivity contribution is 6.44. The number of rotatable bonds is 1. The number of nitrogens with one attached hydrogen (secondary N) is 1. The summed E-state index contributed by atoms with van der Waals surface area (Å²) < 4.78 is 0. The molecule has 1 aromatic rings. The third-order valence-electron chi connectivity index (χ3n) is 1.69. The summed E-state index contributed by atoms with van der Waals surface area (Å²) in [5, 5.41) is 12.8. The van der Waals surface area contributed by atoms with Crippen molar-refractivity contribution >= 4 is 29.0 Å². The van der Waals surface area contributed by atoms with Gasteiger partial charge in [0.25, 0.3) is 0 Å². The normalized spacial score (nSPS) is 19.9. The van der Waals surface area contributed by atoms with E-state index in [-0.39, 0.29) is 0 Å². The van der Waals surface area contributed by atoms with Crippen LogP contribution >= 0.6 is 23.2 Å². The van der Waals surface area contributed by atoms with E-state index in [0.717, 1.165) is 0 Å². The average Bonchev–Trinajstić information content (AvgIpc) is 2.57. The van der Waals surface area contributed by atoms with E-state index in [1.807, 2.05) is 0 Å². The van der Waals surface area contributed by atoms with Gasteiger partial charge in [0.15, 0.2) is 0 Å². The molecule has 14 heavy (non-hydrogen) atoms. The predicted octanol–water partition coefficient (Wildman–Crippen LogP) is 1.71. The molecule has 4 nitrogen and oxygen atoms in total. The Hall–Kier alpha value is -0.970. The third kappa shape index (κ3) is 1.64. The number of hydrogen-bond acceptors (Lipinski definition) is 3. The zero-order valence-corrected chi connectivity index (χ0v) is 8.55. The third-order valence-corrected chi connectivity index (χ3v) is 2.51. The fraction of sp³-hybridized carbons (Fsp3) is 0. The predicted molar refractivity (Wildman–Crippen MR) is 54.2 cm³/mol. The summed E-state index contributed by atoms with van der Waals surface area (Å²) in [5.74, 6) is 0.447. The molecule has 1 N–H and O–H groups in total. The molecule has 0 spiro atoms. The molecule has 1 aliphatic rings. The summed E-state index contributed by atoms with van der Waals surface area (Å²) in [6, 6.07) is 5.27. The van der Waals surface area contributed by atoms with E-state index in [0.29, 0.717) is 26.6 Å². The highest BCUT2D eigenvalue weighted by Gasteiger charge is 2.16.